The molecule has 0 amide bonds. The van der Waals surface area contributed by atoms with Crippen LogP contribution in [0.5, 0.6) is 0 Å². The lowest BCUT2D eigenvalue weighted by Crippen LogP contribution is -2.40. The summed E-state index contributed by atoms with van der Waals surface area (Å²) in [6, 6.07) is 6.39. The first-order valence-corrected chi connectivity index (χ1v) is 9.98. The van der Waals surface area contributed by atoms with Gasteiger partial charge in [0.15, 0.2) is 5.03 Å². The highest BCUT2D eigenvalue weighted by molar-refractivity contribution is 7.89. The maximum atomic E-state index is 12.8. The molecular weight excluding hydrogens is 368 g/mol. The van der Waals surface area contributed by atoms with Crippen molar-refractivity contribution in [3.8, 4) is 11.3 Å². The fourth-order valence-corrected chi connectivity index (χ4v) is 4.85. The van der Waals surface area contributed by atoms with E-state index in [-0.39, 0.29) is 23.2 Å². The van der Waals surface area contributed by atoms with Gasteiger partial charge in [-0.05, 0) is 31.0 Å². The topological polar surface area (TPSA) is 114 Å². The zero-order valence-corrected chi connectivity index (χ0v) is 15.2. The van der Waals surface area contributed by atoms with E-state index in [0.717, 1.165) is 12.0 Å². The smallest absolute Gasteiger partial charge is 0.266 e. The minimum atomic E-state index is -3.68. The van der Waals surface area contributed by atoms with Crippen molar-refractivity contribution < 1.29 is 8.42 Å². The molecule has 1 N–H and O–H groups in total. The first kappa shape index (κ1) is 17.6. The molecule has 9 nitrogen and oxygen atoms in total. The van der Waals surface area contributed by atoms with Gasteiger partial charge in [-0.1, -0.05) is 0 Å². The number of aromatic nitrogens is 5. The Bertz CT molecular complexity index is 1080. The summed E-state index contributed by atoms with van der Waals surface area (Å²) in [5.41, 5.74) is 1.14. The largest absolute Gasteiger partial charge is 0.335 e. The Labute approximate surface area is 155 Å². The van der Waals surface area contributed by atoms with Gasteiger partial charge in [0.25, 0.3) is 15.6 Å². The summed E-state index contributed by atoms with van der Waals surface area (Å²) < 4.78 is 28.4. The van der Waals surface area contributed by atoms with E-state index in [9.17, 15) is 13.2 Å². The minimum absolute atomic E-state index is 0.0545. The second kappa shape index (κ2) is 7.05. The summed E-state index contributed by atoms with van der Waals surface area (Å²) in [6.07, 6.45) is 7.35. The molecule has 0 aromatic carbocycles. The van der Waals surface area contributed by atoms with Gasteiger partial charge in [0, 0.05) is 36.6 Å². The number of pyridine rings is 1. The van der Waals surface area contributed by atoms with Crippen molar-refractivity contribution in [2.75, 3.05) is 6.54 Å². The summed E-state index contributed by atoms with van der Waals surface area (Å²) in [7, 11) is -3.68. The maximum Gasteiger partial charge on any atom is 0.266 e. The molecule has 0 saturated carbocycles. The van der Waals surface area contributed by atoms with Crippen LogP contribution in [0, 0.1) is 0 Å². The highest BCUT2D eigenvalue weighted by atomic mass is 32.2. The third kappa shape index (κ3) is 3.40. The van der Waals surface area contributed by atoms with Crippen molar-refractivity contribution in [1.82, 2.24) is 29.0 Å². The number of H-pyrrole nitrogens is 1. The quantitative estimate of drug-likeness (QED) is 0.696. The average molecular weight is 386 g/mol. The van der Waals surface area contributed by atoms with Gasteiger partial charge >= 0.3 is 0 Å². The van der Waals surface area contributed by atoms with Crippen LogP contribution in [0.3, 0.4) is 0 Å². The third-order valence-electron chi connectivity index (χ3n) is 4.59. The number of sulfonamides is 1. The second-order valence-electron chi connectivity index (χ2n) is 6.31. The first-order chi connectivity index (χ1) is 13.1. The van der Waals surface area contributed by atoms with Gasteiger partial charge in [0.1, 0.15) is 0 Å². The fourth-order valence-electron chi connectivity index (χ4n) is 3.27. The molecule has 0 aliphatic carbocycles. The Morgan fingerprint density at radius 1 is 1.19 bits per heavy atom. The monoisotopic (exact) mass is 386 g/mol. The van der Waals surface area contributed by atoms with E-state index in [4.69, 9.17) is 0 Å². The Morgan fingerprint density at radius 3 is 2.81 bits per heavy atom. The summed E-state index contributed by atoms with van der Waals surface area (Å²) in [4.78, 5) is 22.8. The number of hydrogen-bond acceptors (Lipinski definition) is 6. The SMILES string of the molecule is O=c1ccc(-c2cccnc2)nn1CC1CCCN1S(=O)(=O)c1cnc[nH]1. The molecule has 1 atom stereocenters. The summed E-state index contributed by atoms with van der Waals surface area (Å²) in [6.45, 7) is 0.601. The Hall–Kier alpha value is -2.85. The predicted octanol–water partition coefficient (Wildman–Crippen LogP) is 0.882. The highest BCUT2D eigenvalue weighted by Crippen LogP contribution is 2.25. The molecule has 140 valence electrons. The molecule has 0 bridgehead atoms. The van der Waals surface area contributed by atoms with E-state index < -0.39 is 10.0 Å². The van der Waals surface area contributed by atoms with E-state index >= 15 is 0 Å². The zero-order valence-electron chi connectivity index (χ0n) is 14.4. The Balaban J connectivity index is 1.63. The molecule has 1 saturated heterocycles. The first-order valence-electron chi connectivity index (χ1n) is 8.54. The van der Waals surface area contributed by atoms with Gasteiger partial charge in [-0.3, -0.25) is 9.78 Å². The molecule has 27 heavy (non-hydrogen) atoms. The van der Waals surface area contributed by atoms with Gasteiger partial charge in [-0.15, -0.1) is 0 Å². The van der Waals surface area contributed by atoms with Gasteiger partial charge in [-0.25, -0.2) is 18.1 Å². The lowest BCUT2D eigenvalue weighted by atomic mass is 10.2. The van der Waals surface area contributed by atoms with E-state index in [1.807, 2.05) is 6.07 Å². The van der Waals surface area contributed by atoms with Crippen molar-refractivity contribution in [3.05, 3.63) is 59.5 Å². The van der Waals surface area contributed by atoms with E-state index in [2.05, 4.69) is 20.1 Å². The molecule has 4 heterocycles. The summed E-state index contributed by atoms with van der Waals surface area (Å²) in [5, 5.41) is 4.46. The van der Waals surface area contributed by atoms with Crippen LogP contribution in [0.25, 0.3) is 11.3 Å². The maximum absolute atomic E-state index is 12.8. The standard InChI is InChI=1S/C17H18N6O3S/c24-17-6-5-15(13-3-1-7-18-9-13)21-22(17)11-14-4-2-8-23(14)27(25,26)16-10-19-12-20-16/h1,3,5-7,9-10,12,14H,2,4,8,11H2,(H,19,20). The molecule has 3 aromatic heterocycles. The molecule has 10 heteroatoms. The van der Waals surface area contributed by atoms with Crippen molar-refractivity contribution in [2.45, 2.75) is 30.5 Å². The van der Waals surface area contributed by atoms with Gasteiger partial charge in [0.2, 0.25) is 0 Å². The van der Waals surface area contributed by atoms with Crippen LogP contribution in [0.4, 0.5) is 0 Å². The number of rotatable bonds is 5. The van der Waals surface area contributed by atoms with Crippen LogP contribution in [0.15, 0.2) is 59.0 Å². The van der Waals surface area contributed by atoms with Crippen molar-refractivity contribution in [3.63, 3.8) is 0 Å². The average Bonchev–Trinajstić information content (AvgIpc) is 3.36. The van der Waals surface area contributed by atoms with Gasteiger partial charge < -0.3 is 4.98 Å². The van der Waals surface area contributed by atoms with Crippen molar-refractivity contribution >= 4 is 10.0 Å². The number of hydrogen-bond donors (Lipinski definition) is 1. The number of nitrogens with one attached hydrogen (secondary N) is 1. The molecule has 1 fully saturated rings. The molecule has 0 radical (unpaired) electrons. The molecule has 4 rings (SSSR count). The minimum Gasteiger partial charge on any atom is -0.335 e. The van der Waals surface area contributed by atoms with E-state index in [1.54, 1.807) is 24.5 Å². The van der Waals surface area contributed by atoms with Crippen LogP contribution < -0.4 is 5.56 Å². The molecule has 1 unspecified atom stereocenters. The number of imidazole rings is 1. The van der Waals surface area contributed by atoms with Crippen LogP contribution in [-0.4, -0.2) is 50.0 Å². The third-order valence-corrected chi connectivity index (χ3v) is 6.47. The van der Waals surface area contributed by atoms with Crippen LogP contribution in [-0.2, 0) is 16.6 Å². The van der Waals surface area contributed by atoms with Crippen LogP contribution in [0.1, 0.15) is 12.8 Å². The molecule has 1 aliphatic heterocycles. The molecular formula is C17H18N6O3S. The second-order valence-corrected chi connectivity index (χ2v) is 8.17. The van der Waals surface area contributed by atoms with Crippen molar-refractivity contribution in [2.24, 2.45) is 0 Å². The number of nitrogens with zero attached hydrogens (tertiary/aromatic N) is 5. The van der Waals surface area contributed by atoms with Gasteiger partial charge in [0.05, 0.1) is 24.8 Å². The normalized spacial score (nSPS) is 18.0. The Kier molecular flexibility index (Phi) is 4.58. The molecule has 0 spiro atoms. The number of aromatic amines is 1. The molecule has 3 aromatic rings. The predicted molar refractivity (Wildman–Crippen MR) is 97.2 cm³/mol. The summed E-state index contributed by atoms with van der Waals surface area (Å²) in [5.74, 6) is 0. The van der Waals surface area contributed by atoms with Crippen molar-refractivity contribution in [1.29, 1.82) is 0 Å². The fraction of sp³-hybridized carbons (Fsp3) is 0.294. The van der Waals surface area contributed by atoms with E-state index in [1.165, 1.54) is 27.6 Å². The Morgan fingerprint density at radius 2 is 2.07 bits per heavy atom. The van der Waals surface area contributed by atoms with Crippen LogP contribution >= 0.6 is 0 Å². The summed E-state index contributed by atoms with van der Waals surface area (Å²) >= 11 is 0. The van der Waals surface area contributed by atoms with Gasteiger partial charge in [-0.2, -0.15) is 9.40 Å². The van der Waals surface area contributed by atoms with E-state index in [0.29, 0.717) is 18.7 Å². The lowest BCUT2D eigenvalue weighted by Gasteiger charge is -2.23. The van der Waals surface area contributed by atoms with Crippen LogP contribution in [0.2, 0.25) is 0 Å². The molecule has 1 aliphatic rings. The zero-order chi connectivity index (χ0) is 18.9. The lowest BCUT2D eigenvalue weighted by molar-refractivity contribution is 0.335. The highest BCUT2D eigenvalue weighted by Gasteiger charge is 2.36.